The number of carboxylic acid groups (broad SMARTS) is 1. The molecule has 0 radical (unpaired) electrons. The van der Waals surface area contributed by atoms with Crippen LogP contribution in [0.4, 0.5) is 0 Å². The lowest BCUT2D eigenvalue weighted by atomic mass is 10.2. The molecule has 0 amide bonds. The molecule has 1 rings (SSSR count). The van der Waals surface area contributed by atoms with E-state index in [9.17, 15) is 9.90 Å². The third-order valence-corrected chi connectivity index (χ3v) is 1.95. The van der Waals surface area contributed by atoms with Gasteiger partial charge in [-0.05, 0) is 6.92 Å². The highest BCUT2D eigenvalue weighted by atomic mass is 16.5. The Labute approximate surface area is 92.6 Å². The van der Waals surface area contributed by atoms with E-state index < -0.39 is 12.1 Å². The lowest BCUT2D eigenvalue weighted by Crippen LogP contribution is -2.16. The molecule has 0 saturated carbocycles. The summed E-state index contributed by atoms with van der Waals surface area (Å²) in [6, 6.07) is 0. The molecule has 90 valence electrons. The first-order valence-electron chi connectivity index (χ1n) is 4.84. The number of hydrogen-bond donors (Lipinski definition) is 2. The Morgan fingerprint density at radius 2 is 2.31 bits per heavy atom. The van der Waals surface area contributed by atoms with Crippen LogP contribution in [-0.4, -0.2) is 44.4 Å². The zero-order valence-corrected chi connectivity index (χ0v) is 9.25. The van der Waals surface area contributed by atoms with Crippen molar-refractivity contribution in [2.45, 2.75) is 32.6 Å². The fraction of sp³-hybridized carbons (Fsp3) is 0.667. The van der Waals surface area contributed by atoms with Gasteiger partial charge >= 0.3 is 5.97 Å². The number of ether oxygens (including phenoxy) is 1. The van der Waals surface area contributed by atoms with Gasteiger partial charge in [0.05, 0.1) is 37.1 Å². The monoisotopic (exact) mass is 229 g/mol. The van der Waals surface area contributed by atoms with Crippen molar-refractivity contribution in [3.05, 3.63) is 11.4 Å². The Bertz CT molecular complexity index is 362. The van der Waals surface area contributed by atoms with Crippen LogP contribution in [0.3, 0.4) is 0 Å². The Balaban J connectivity index is 2.91. The van der Waals surface area contributed by atoms with Crippen LogP contribution in [0.25, 0.3) is 0 Å². The summed E-state index contributed by atoms with van der Waals surface area (Å²) in [4.78, 5) is 10.6. The second kappa shape index (κ2) is 5.57. The minimum absolute atomic E-state index is 0.196. The zero-order valence-electron chi connectivity index (χ0n) is 9.25. The molecule has 16 heavy (non-hydrogen) atoms. The normalized spacial score (nSPS) is 12.7. The van der Waals surface area contributed by atoms with Crippen LogP contribution in [0.15, 0.2) is 0 Å². The number of methoxy groups -OCH3 is 1. The first-order valence-corrected chi connectivity index (χ1v) is 4.84. The van der Waals surface area contributed by atoms with Crippen LogP contribution in [0.1, 0.15) is 18.3 Å². The molecule has 1 heterocycles. The maximum atomic E-state index is 10.6. The van der Waals surface area contributed by atoms with Crippen LogP contribution in [0, 0.1) is 0 Å². The van der Waals surface area contributed by atoms with Gasteiger partial charge in [-0.25, -0.2) is 4.68 Å². The molecule has 1 aromatic rings. The van der Waals surface area contributed by atoms with Crippen LogP contribution >= 0.6 is 0 Å². The molecule has 0 aromatic carbocycles. The number of carboxylic acids is 1. The number of aliphatic hydroxyl groups excluding tert-OH is 1. The molecule has 1 unspecified atom stereocenters. The predicted octanol–water partition coefficient (Wildman–Crippen LogP) is -0.568. The van der Waals surface area contributed by atoms with Gasteiger partial charge in [0.15, 0.2) is 0 Å². The summed E-state index contributed by atoms with van der Waals surface area (Å²) in [5, 5.41) is 25.5. The number of nitrogens with zero attached hydrogens (tertiary/aromatic N) is 3. The van der Waals surface area contributed by atoms with Crippen molar-refractivity contribution < 1.29 is 19.7 Å². The Morgan fingerprint density at radius 1 is 1.62 bits per heavy atom. The Morgan fingerprint density at radius 3 is 2.81 bits per heavy atom. The van der Waals surface area contributed by atoms with Crippen LogP contribution in [0.5, 0.6) is 0 Å². The zero-order chi connectivity index (χ0) is 12.1. The summed E-state index contributed by atoms with van der Waals surface area (Å²) >= 11 is 0. The summed E-state index contributed by atoms with van der Waals surface area (Å²) in [6.07, 6.45) is -0.770. The molecule has 0 aliphatic heterocycles. The van der Waals surface area contributed by atoms with E-state index in [1.165, 1.54) is 11.8 Å². The molecule has 7 nitrogen and oxygen atoms in total. The molecule has 7 heteroatoms. The lowest BCUT2D eigenvalue weighted by molar-refractivity contribution is -0.136. The minimum atomic E-state index is -0.971. The van der Waals surface area contributed by atoms with E-state index in [4.69, 9.17) is 9.84 Å². The average Bonchev–Trinajstić information content (AvgIpc) is 2.49. The van der Waals surface area contributed by atoms with Gasteiger partial charge in [-0.15, -0.1) is 5.10 Å². The second-order valence-electron chi connectivity index (χ2n) is 3.52. The summed E-state index contributed by atoms with van der Waals surface area (Å²) in [5.74, 6) is -0.971. The van der Waals surface area contributed by atoms with E-state index >= 15 is 0 Å². The maximum Gasteiger partial charge on any atom is 0.309 e. The van der Waals surface area contributed by atoms with E-state index in [0.717, 1.165) is 0 Å². The Kier molecular flexibility index (Phi) is 4.39. The summed E-state index contributed by atoms with van der Waals surface area (Å²) in [6.45, 7) is 2.11. The third-order valence-electron chi connectivity index (χ3n) is 1.95. The smallest absolute Gasteiger partial charge is 0.309 e. The number of rotatable bonds is 6. The Hall–Kier alpha value is -1.47. The number of aliphatic hydroxyl groups is 1. The van der Waals surface area contributed by atoms with Gasteiger partial charge in [0.25, 0.3) is 0 Å². The van der Waals surface area contributed by atoms with Crippen molar-refractivity contribution in [2.75, 3.05) is 7.11 Å². The van der Waals surface area contributed by atoms with Gasteiger partial charge in [-0.3, -0.25) is 4.79 Å². The fourth-order valence-electron chi connectivity index (χ4n) is 1.34. The van der Waals surface area contributed by atoms with Gasteiger partial charge < -0.3 is 14.9 Å². The van der Waals surface area contributed by atoms with Crippen molar-refractivity contribution >= 4 is 5.97 Å². The van der Waals surface area contributed by atoms with Gasteiger partial charge in [-0.2, -0.15) is 0 Å². The van der Waals surface area contributed by atoms with Crippen molar-refractivity contribution in [1.82, 2.24) is 15.0 Å². The summed E-state index contributed by atoms with van der Waals surface area (Å²) in [7, 11) is 1.50. The summed E-state index contributed by atoms with van der Waals surface area (Å²) < 4.78 is 6.42. The topological polar surface area (TPSA) is 97.5 Å². The van der Waals surface area contributed by atoms with Gasteiger partial charge in [0.2, 0.25) is 0 Å². The first kappa shape index (κ1) is 12.6. The fourth-order valence-corrected chi connectivity index (χ4v) is 1.34. The number of aromatic nitrogens is 3. The maximum absolute atomic E-state index is 10.6. The molecule has 0 bridgehead atoms. The quantitative estimate of drug-likeness (QED) is 0.678. The van der Waals surface area contributed by atoms with Crippen LogP contribution in [-0.2, 0) is 29.1 Å². The SMILES string of the molecule is COCc1c(CC(=O)O)nnn1CC(C)O. The van der Waals surface area contributed by atoms with E-state index in [1.807, 2.05) is 0 Å². The standard InChI is InChI=1S/C9H15N3O4/c1-6(13)4-12-8(5-16-2)7(10-11-12)3-9(14)15/h6,13H,3-5H2,1-2H3,(H,14,15). The number of carbonyl (C=O) groups is 1. The van der Waals surface area contributed by atoms with Crippen molar-refractivity contribution in [3.8, 4) is 0 Å². The molecule has 0 fully saturated rings. The largest absolute Gasteiger partial charge is 0.481 e. The lowest BCUT2D eigenvalue weighted by Gasteiger charge is -2.08. The minimum Gasteiger partial charge on any atom is -0.481 e. The van der Waals surface area contributed by atoms with E-state index in [-0.39, 0.29) is 19.6 Å². The number of aliphatic carboxylic acids is 1. The first-order chi connectivity index (χ1) is 7.54. The number of hydrogen-bond acceptors (Lipinski definition) is 5. The molecule has 0 aliphatic carbocycles. The molecular weight excluding hydrogens is 214 g/mol. The molecule has 1 atom stereocenters. The van der Waals surface area contributed by atoms with E-state index in [1.54, 1.807) is 6.92 Å². The third kappa shape index (κ3) is 3.28. The molecule has 0 spiro atoms. The highest BCUT2D eigenvalue weighted by Crippen LogP contribution is 2.08. The average molecular weight is 229 g/mol. The van der Waals surface area contributed by atoms with Gasteiger partial charge in [0, 0.05) is 7.11 Å². The highest BCUT2D eigenvalue weighted by molar-refractivity contribution is 5.69. The van der Waals surface area contributed by atoms with Gasteiger partial charge in [0.1, 0.15) is 0 Å². The van der Waals surface area contributed by atoms with Crippen molar-refractivity contribution in [1.29, 1.82) is 0 Å². The highest BCUT2D eigenvalue weighted by Gasteiger charge is 2.16. The van der Waals surface area contributed by atoms with Gasteiger partial charge in [-0.1, -0.05) is 5.21 Å². The van der Waals surface area contributed by atoms with E-state index in [2.05, 4.69) is 10.3 Å². The molecule has 0 saturated heterocycles. The second-order valence-corrected chi connectivity index (χ2v) is 3.52. The predicted molar refractivity (Wildman–Crippen MR) is 53.8 cm³/mol. The van der Waals surface area contributed by atoms with Crippen molar-refractivity contribution in [2.24, 2.45) is 0 Å². The molecule has 2 N–H and O–H groups in total. The summed E-state index contributed by atoms with van der Waals surface area (Å²) in [5.41, 5.74) is 0.959. The molecule has 1 aromatic heterocycles. The molecule has 0 aliphatic rings. The van der Waals surface area contributed by atoms with E-state index in [0.29, 0.717) is 11.4 Å². The molecular formula is C9H15N3O4. The van der Waals surface area contributed by atoms with Crippen LogP contribution in [0.2, 0.25) is 0 Å². The van der Waals surface area contributed by atoms with Crippen molar-refractivity contribution in [3.63, 3.8) is 0 Å². The van der Waals surface area contributed by atoms with Crippen LogP contribution < -0.4 is 0 Å².